The van der Waals surface area contributed by atoms with Gasteiger partial charge < -0.3 is 10.1 Å². The molecule has 9 heteroatoms. The Morgan fingerprint density at radius 3 is 2.36 bits per heavy atom. The molecule has 0 spiro atoms. The lowest BCUT2D eigenvalue weighted by Gasteiger charge is -2.16. The Morgan fingerprint density at radius 1 is 1.11 bits per heavy atom. The molecule has 8 nitrogen and oxygen atoms in total. The molecule has 1 saturated heterocycles. The van der Waals surface area contributed by atoms with Crippen LogP contribution in [0.2, 0.25) is 0 Å². The number of nitrogens with zero attached hydrogens (tertiary/aromatic N) is 1. The van der Waals surface area contributed by atoms with E-state index in [1.165, 1.54) is 43.5 Å². The summed E-state index contributed by atoms with van der Waals surface area (Å²) in [5.74, 6) is -2.37. The van der Waals surface area contributed by atoms with Crippen molar-refractivity contribution in [1.29, 1.82) is 0 Å². The first kappa shape index (κ1) is 19.6. The van der Waals surface area contributed by atoms with Crippen molar-refractivity contribution in [2.75, 3.05) is 22.5 Å². The van der Waals surface area contributed by atoms with Crippen molar-refractivity contribution in [3.8, 4) is 0 Å². The van der Waals surface area contributed by atoms with Crippen LogP contribution in [0.4, 0.5) is 11.4 Å². The molecule has 3 rings (SSSR count). The van der Waals surface area contributed by atoms with Gasteiger partial charge >= 0.3 is 5.97 Å². The average Bonchev–Trinajstić information content (AvgIpc) is 2.88. The first-order valence-electron chi connectivity index (χ1n) is 8.39. The number of esters is 1. The third kappa shape index (κ3) is 3.74. The van der Waals surface area contributed by atoms with Gasteiger partial charge in [-0.25, -0.2) is 17.5 Å². The van der Waals surface area contributed by atoms with Crippen LogP contribution in [-0.4, -0.2) is 39.1 Å². The minimum absolute atomic E-state index is 0.128. The highest BCUT2D eigenvalue weighted by Gasteiger charge is 2.42. The molecule has 1 heterocycles. The van der Waals surface area contributed by atoms with Gasteiger partial charge in [0.2, 0.25) is 15.9 Å². The molecule has 1 aliphatic rings. The van der Waals surface area contributed by atoms with Gasteiger partial charge in [0.15, 0.2) is 0 Å². The van der Waals surface area contributed by atoms with E-state index >= 15 is 0 Å². The summed E-state index contributed by atoms with van der Waals surface area (Å²) in [4.78, 5) is 36.2. The molecule has 1 N–H and O–H groups in total. The maximum Gasteiger partial charge on any atom is 0.337 e. The Bertz CT molecular complexity index is 1050. The summed E-state index contributed by atoms with van der Waals surface area (Å²) in [6, 6.07) is 12.0. The van der Waals surface area contributed by atoms with Gasteiger partial charge in [0.05, 0.1) is 30.0 Å². The third-order valence-corrected chi connectivity index (χ3v) is 6.14. The largest absolute Gasteiger partial charge is 0.465 e. The van der Waals surface area contributed by atoms with Crippen molar-refractivity contribution in [3.05, 3.63) is 59.7 Å². The number of sulfonamides is 1. The van der Waals surface area contributed by atoms with Gasteiger partial charge in [0.25, 0.3) is 5.91 Å². The molecule has 0 saturated carbocycles. The Balaban J connectivity index is 1.81. The van der Waals surface area contributed by atoms with Crippen molar-refractivity contribution in [2.24, 2.45) is 5.92 Å². The van der Waals surface area contributed by atoms with Gasteiger partial charge in [0.1, 0.15) is 0 Å². The molecule has 2 aromatic carbocycles. The Hall–Kier alpha value is -3.20. The standard InChI is InChI=1S/C19H18N2O6S/c1-12-11-28(25,26)21(18(12)23)16-5-3-4-14(10-16)17(22)20-15-8-6-13(7-9-15)19(24)27-2/h3-10,12H,11H2,1-2H3,(H,20,22). The number of nitrogens with one attached hydrogen (secondary N) is 1. The van der Waals surface area contributed by atoms with E-state index in [4.69, 9.17) is 0 Å². The second-order valence-corrected chi connectivity index (χ2v) is 8.22. The Labute approximate surface area is 162 Å². The van der Waals surface area contributed by atoms with Crippen LogP contribution in [-0.2, 0) is 19.6 Å². The first-order valence-corrected chi connectivity index (χ1v) is 10.0. The number of rotatable bonds is 4. The number of methoxy groups -OCH3 is 1. The van der Waals surface area contributed by atoms with E-state index in [9.17, 15) is 22.8 Å². The maximum atomic E-state index is 12.5. The lowest BCUT2D eigenvalue weighted by atomic mass is 10.1. The molecule has 2 amide bonds. The number of carbonyl (C=O) groups excluding carboxylic acids is 3. The molecule has 0 aromatic heterocycles. The van der Waals surface area contributed by atoms with Gasteiger partial charge in [0, 0.05) is 11.3 Å². The van der Waals surface area contributed by atoms with Gasteiger partial charge in [-0.3, -0.25) is 9.59 Å². The van der Waals surface area contributed by atoms with Crippen LogP contribution in [0.5, 0.6) is 0 Å². The summed E-state index contributed by atoms with van der Waals surface area (Å²) in [6.45, 7) is 1.55. The monoisotopic (exact) mass is 402 g/mol. The zero-order valence-electron chi connectivity index (χ0n) is 15.2. The van der Waals surface area contributed by atoms with Crippen molar-refractivity contribution >= 4 is 39.2 Å². The number of ether oxygens (including phenoxy) is 1. The predicted molar refractivity (Wildman–Crippen MR) is 103 cm³/mol. The first-order chi connectivity index (χ1) is 13.2. The van der Waals surface area contributed by atoms with Gasteiger partial charge in [-0.15, -0.1) is 0 Å². The Kier molecular flexibility index (Phi) is 5.19. The van der Waals surface area contributed by atoms with Crippen molar-refractivity contribution < 1.29 is 27.5 Å². The molecule has 0 bridgehead atoms. The topological polar surface area (TPSA) is 110 Å². The van der Waals surface area contributed by atoms with Crippen LogP contribution in [0.3, 0.4) is 0 Å². The van der Waals surface area contributed by atoms with E-state index in [1.807, 2.05) is 0 Å². The van der Waals surface area contributed by atoms with E-state index in [1.54, 1.807) is 19.1 Å². The summed E-state index contributed by atoms with van der Waals surface area (Å²) in [7, 11) is -2.47. The summed E-state index contributed by atoms with van der Waals surface area (Å²) in [5, 5.41) is 2.66. The van der Waals surface area contributed by atoms with Gasteiger partial charge in [-0.1, -0.05) is 13.0 Å². The number of benzene rings is 2. The lowest BCUT2D eigenvalue weighted by Crippen LogP contribution is -2.30. The highest BCUT2D eigenvalue weighted by atomic mass is 32.2. The maximum absolute atomic E-state index is 12.5. The van der Waals surface area contributed by atoms with Crippen molar-refractivity contribution in [2.45, 2.75) is 6.92 Å². The van der Waals surface area contributed by atoms with Crippen molar-refractivity contribution in [1.82, 2.24) is 0 Å². The molecule has 146 valence electrons. The number of amides is 2. The number of carbonyl (C=O) groups is 3. The minimum Gasteiger partial charge on any atom is -0.465 e. The van der Waals surface area contributed by atoms with E-state index in [-0.39, 0.29) is 17.0 Å². The lowest BCUT2D eigenvalue weighted by molar-refractivity contribution is -0.119. The van der Waals surface area contributed by atoms with E-state index < -0.39 is 33.7 Å². The second kappa shape index (κ2) is 7.43. The fourth-order valence-electron chi connectivity index (χ4n) is 2.87. The van der Waals surface area contributed by atoms with Gasteiger partial charge in [-0.05, 0) is 42.5 Å². The minimum atomic E-state index is -3.75. The van der Waals surface area contributed by atoms with E-state index in [0.717, 1.165) is 4.31 Å². The molecular weight excluding hydrogens is 384 g/mol. The smallest absolute Gasteiger partial charge is 0.337 e. The van der Waals surface area contributed by atoms with Crippen LogP contribution >= 0.6 is 0 Å². The molecule has 28 heavy (non-hydrogen) atoms. The highest BCUT2D eigenvalue weighted by Crippen LogP contribution is 2.29. The molecule has 1 aliphatic heterocycles. The van der Waals surface area contributed by atoms with E-state index in [0.29, 0.717) is 11.3 Å². The van der Waals surface area contributed by atoms with Gasteiger partial charge in [-0.2, -0.15) is 0 Å². The van der Waals surface area contributed by atoms with Crippen molar-refractivity contribution in [3.63, 3.8) is 0 Å². The SMILES string of the molecule is COC(=O)c1ccc(NC(=O)c2cccc(N3C(=O)C(C)CS3(=O)=O)c2)cc1. The molecule has 0 radical (unpaired) electrons. The molecule has 2 aromatic rings. The average molecular weight is 402 g/mol. The molecule has 1 fully saturated rings. The number of anilines is 2. The number of hydrogen-bond donors (Lipinski definition) is 1. The van der Waals surface area contributed by atoms with E-state index in [2.05, 4.69) is 10.1 Å². The molecule has 1 atom stereocenters. The fourth-order valence-corrected chi connectivity index (χ4v) is 4.68. The fraction of sp³-hybridized carbons (Fsp3) is 0.211. The Morgan fingerprint density at radius 2 is 1.79 bits per heavy atom. The van der Waals surface area contributed by atoms with Crippen LogP contribution in [0, 0.1) is 5.92 Å². The summed E-state index contributed by atoms with van der Waals surface area (Å²) < 4.78 is 29.8. The normalized spacial score (nSPS) is 18.0. The van der Waals surface area contributed by atoms with Crippen LogP contribution in [0.25, 0.3) is 0 Å². The number of hydrogen-bond acceptors (Lipinski definition) is 6. The molecular formula is C19H18N2O6S. The highest BCUT2D eigenvalue weighted by molar-refractivity contribution is 7.94. The molecule has 0 aliphatic carbocycles. The zero-order chi connectivity index (χ0) is 20.5. The third-order valence-electron chi connectivity index (χ3n) is 4.27. The van der Waals surface area contributed by atoms with Crippen LogP contribution in [0.1, 0.15) is 27.6 Å². The summed E-state index contributed by atoms with van der Waals surface area (Å²) in [6.07, 6.45) is 0. The van der Waals surface area contributed by atoms with Crippen LogP contribution in [0.15, 0.2) is 48.5 Å². The zero-order valence-corrected chi connectivity index (χ0v) is 16.0. The summed E-state index contributed by atoms with van der Waals surface area (Å²) in [5.41, 5.74) is 1.11. The second-order valence-electron chi connectivity index (χ2n) is 6.36. The quantitative estimate of drug-likeness (QED) is 0.784. The predicted octanol–water partition coefficient (Wildman–Crippen LogP) is 2.04. The van der Waals surface area contributed by atoms with Crippen LogP contribution < -0.4 is 9.62 Å². The molecule has 1 unspecified atom stereocenters. The summed E-state index contributed by atoms with van der Waals surface area (Å²) >= 11 is 0.